The second-order valence-electron chi connectivity index (χ2n) is 4.94. The quantitative estimate of drug-likeness (QED) is 0.850. The van der Waals surface area contributed by atoms with Crippen LogP contribution in [0.4, 0.5) is 0 Å². The van der Waals surface area contributed by atoms with E-state index in [-0.39, 0.29) is 0 Å². The molecule has 1 atom stereocenters. The normalized spacial score (nSPS) is 12.4. The largest absolute Gasteiger partial charge is 0.496 e. The lowest BCUT2D eigenvalue weighted by Gasteiger charge is -2.24. The molecule has 4 nitrogen and oxygen atoms in total. The molecule has 0 saturated carbocycles. The molecule has 0 aliphatic carbocycles. The third-order valence-electron chi connectivity index (χ3n) is 3.53. The van der Waals surface area contributed by atoms with E-state index in [4.69, 9.17) is 4.74 Å². The molecule has 1 unspecified atom stereocenters. The number of ether oxygens (including phenoxy) is 1. The van der Waals surface area contributed by atoms with Crippen LogP contribution in [0, 0.1) is 0 Å². The van der Waals surface area contributed by atoms with Gasteiger partial charge >= 0.3 is 0 Å². The smallest absolute Gasteiger partial charge is 0.124 e. The second kappa shape index (κ2) is 7.76. The molecule has 0 saturated heterocycles. The minimum atomic E-state index is -0.567. The molecule has 0 aliphatic heterocycles. The summed E-state index contributed by atoms with van der Waals surface area (Å²) in [5.41, 5.74) is 2.02. The van der Waals surface area contributed by atoms with Crippen LogP contribution in [0.5, 0.6) is 5.75 Å². The summed E-state index contributed by atoms with van der Waals surface area (Å²) in [6.07, 6.45) is 3.02. The monoisotopic (exact) mass is 286 g/mol. The molecule has 2 aromatic rings. The van der Waals surface area contributed by atoms with Gasteiger partial charge in [-0.15, -0.1) is 0 Å². The highest BCUT2D eigenvalue weighted by atomic mass is 16.5. The Hall–Kier alpha value is -1.91. The van der Waals surface area contributed by atoms with E-state index in [2.05, 4.69) is 16.8 Å². The molecule has 21 heavy (non-hydrogen) atoms. The van der Waals surface area contributed by atoms with Crippen LogP contribution in [0.3, 0.4) is 0 Å². The molecule has 1 heterocycles. The highest BCUT2D eigenvalue weighted by Gasteiger charge is 2.16. The first-order chi connectivity index (χ1) is 10.2. The fourth-order valence-corrected chi connectivity index (χ4v) is 2.34. The minimum absolute atomic E-state index is 0.567. The zero-order chi connectivity index (χ0) is 15.1. The number of nitrogens with zero attached hydrogens (tertiary/aromatic N) is 2. The number of aromatic nitrogens is 1. The van der Waals surface area contributed by atoms with Gasteiger partial charge in [0.2, 0.25) is 0 Å². The number of methoxy groups -OCH3 is 1. The first-order valence-electron chi connectivity index (χ1n) is 7.16. The Kier molecular flexibility index (Phi) is 5.72. The number of likely N-dealkylation sites (N-methyl/N-ethyl adjacent to an activating group) is 1. The van der Waals surface area contributed by atoms with Crippen molar-refractivity contribution in [3.05, 3.63) is 59.9 Å². The molecule has 1 aromatic heterocycles. The van der Waals surface area contributed by atoms with Gasteiger partial charge in [0.15, 0.2) is 0 Å². The maximum absolute atomic E-state index is 10.5. The summed E-state index contributed by atoms with van der Waals surface area (Å²) < 4.78 is 5.31. The van der Waals surface area contributed by atoms with Crippen molar-refractivity contribution in [2.75, 3.05) is 20.2 Å². The highest BCUT2D eigenvalue weighted by molar-refractivity contribution is 5.35. The lowest BCUT2D eigenvalue weighted by Crippen LogP contribution is -2.28. The summed E-state index contributed by atoms with van der Waals surface area (Å²) in [5, 5.41) is 10.5. The fourth-order valence-electron chi connectivity index (χ4n) is 2.34. The van der Waals surface area contributed by atoms with Gasteiger partial charge in [-0.05, 0) is 30.3 Å². The summed E-state index contributed by atoms with van der Waals surface area (Å²) in [4.78, 5) is 6.23. The van der Waals surface area contributed by atoms with Crippen molar-refractivity contribution < 1.29 is 9.84 Å². The van der Waals surface area contributed by atoms with E-state index in [0.717, 1.165) is 24.4 Å². The van der Waals surface area contributed by atoms with Crippen molar-refractivity contribution in [1.82, 2.24) is 9.88 Å². The molecule has 0 spiro atoms. The summed E-state index contributed by atoms with van der Waals surface area (Å²) in [7, 11) is 1.63. The topological polar surface area (TPSA) is 45.6 Å². The number of para-hydroxylation sites is 1. The van der Waals surface area contributed by atoms with Crippen LogP contribution in [0.15, 0.2) is 48.8 Å². The van der Waals surface area contributed by atoms with Crippen molar-refractivity contribution in [2.24, 2.45) is 0 Å². The van der Waals surface area contributed by atoms with Gasteiger partial charge in [0.25, 0.3) is 0 Å². The van der Waals surface area contributed by atoms with E-state index >= 15 is 0 Å². The van der Waals surface area contributed by atoms with Gasteiger partial charge in [-0.1, -0.05) is 25.1 Å². The molecule has 1 aromatic carbocycles. The van der Waals surface area contributed by atoms with E-state index in [1.807, 2.05) is 36.4 Å². The van der Waals surface area contributed by atoms with Crippen LogP contribution in [-0.2, 0) is 6.54 Å². The predicted molar refractivity (Wildman–Crippen MR) is 83.1 cm³/mol. The van der Waals surface area contributed by atoms with E-state index in [1.165, 1.54) is 5.56 Å². The molecule has 2 rings (SSSR count). The van der Waals surface area contributed by atoms with Crippen molar-refractivity contribution in [3.63, 3.8) is 0 Å². The van der Waals surface area contributed by atoms with Crippen molar-refractivity contribution in [1.29, 1.82) is 0 Å². The van der Waals surface area contributed by atoms with Crippen LogP contribution < -0.4 is 4.74 Å². The standard InChI is InChI=1S/C17H22N2O2/c1-3-19(12-14-8-10-18-11-9-14)13-16(20)15-6-4-5-7-17(15)21-2/h4-11,16,20H,3,12-13H2,1-2H3. The van der Waals surface area contributed by atoms with Crippen LogP contribution in [0.25, 0.3) is 0 Å². The molecule has 0 bridgehead atoms. The zero-order valence-electron chi connectivity index (χ0n) is 12.6. The Morgan fingerprint density at radius 3 is 2.57 bits per heavy atom. The van der Waals surface area contributed by atoms with Crippen LogP contribution in [0.1, 0.15) is 24.2 Å². The van der Waals surface area contributed by atoms with Gasteiger partial charge in [0.1, 0.15) is 5.75 Å². The van der Waals surface area contributed by atoms with Gasteiger partial charge in [-0.2, -0.15) is 0 Å². The number of hydrogen-bond donors (Lipinski definition) is 1. The van der Waals surface area contributed by atoms with Gasteiger partial charge in [-0.3, -0.25) is 9.88 Å². The number of rotatable bonds is 7. The number of aliphatic hydroxyl groups excluding tert-OH is 1. The first-order valence-corrected chi connectivity index (χ1v) is 7.16. The van der Waals surface area contributed by atoms with Gasteiger partial charge in [-0.25, -0.2) is 0 Å². The van der Waals surface area contributed by atoms with E-state index in [1.54, 1.807) is 19.5 Å². The van der Waals surface area contributed by atoms with Gasteiger partial charge in [0, 0.05) is 31.0 Å². The van der Waals surface area contributed by atoms with E-state index in [0.29, 0.717) is 6.54 Å². The molecule has 112 valence electrons. The highest BCUT2D eigenvalue weighted by Crippen LogP contribution is 2.25. The van der Waals surface area contributed by atoms with Crippen LogP contribution in [0.2, 0.25) is 0 Å². The lowest BCUT2D eigenvalue weighted by atomic mass is 10.1. The number of benzene rings is 1. The second-order valence-corrected chi connectivity index (χ2v) is 4.94. The van der Waals surface area contributed by atoms with Crippen molar-refractivity contribution >= 4 is 0 Å². The lowest BCUT2D eigenvalue weighted by molar-refractivity contribution is 0.110. The van der Waals surface area contributed by atoms with Gasteiger partial charge in [0.05, 0.1) is 13.2 Å². The maximum atomic E-state index is 10.5. The average molecular weight is 286 g/mol. The first kappa shape index (κ1) is 15.5. The summed E-state index contributed by atoms with van der Waals surface area (Å²) in [6.45, 7) is 4.33. The SMILES string of the molecule is CCN(Cc1ccncc1)CC(O)c1ccccc1OC. The summed E-state index contributed by atoms with van der Waals surface area (Å²) >= 11 is 0. The Labute approximate surface area is 126 Å². The van der Waals surface area contributed by atoms with Crippen LogP contribution in [-0.4, -0.2) is 35.2 Å². The molecule has 0 amide bonds. The van der Waals surface area contributed by atoms with Crippen LogP contribution >= 0.6 is 0 Å². The Morgan fingerprint density at radius 2 is 1.90 bits per heavy atom. The number of hydrogen-bond acceptors (Lipinski definition) is 4. The third-order valence-corrected chi connectivity index (χ3v) is 3.53. The summed E-state index contributed by atoms with van der Waals surface area (Å²) in [6, 6.07) is 11.6. The molecular formula is C17H22N2O2. The summed E-state index contributed by atoms with van der Waals surface area (Å²) in [5.74, 6) is 0.727. The van der Waals surface area contributed by atoms with Gasteiger partial charge < -0.3 is 9.84 Å². The minimum Gasteiger partial charge on any atom is -0.496 e. The Bertz CT molecular complexity index is 545. The fraction of sp³-hybridized carbons (Fsp3) is 0.353. The number of pyridine rings is 1. The molecule has 1 N–H and O–H groups in total. The predicted octanol–water partition coefficient (Wildman–Crippen LogP) is 2.65. The third kappa shape index (κ3) is 4.28. The van der Waals surface area contributed by atoms with E-state index < -0.39 is 6.10 Å². The molecule has 0 fully saturated rings. The maximum Gasteiger partial charge on any atom is 0.124 e. The molecule has 0 aliphatic rings. The Balaban J connectivity index is 2.04. The number of aliphatic hydroxyl groups is 1. The molecule has 4 heteroatoms. The van der Waals surface area contributed by atoms with Crippen molar-refractivity contribution in [2.45, 2.75) is 19.6 Å². The molecular weight excluding hydrogens is 264 g/mol. The average Bonchev–Trinajstić information content (AvgIpc) is 2.55. The zero-order valence-corrected chi connectivity index (χ0v) is 12.6. The Morgan fingerprint density at radius 1 is 1.19 bits per heavy atom. The van der Waals surface area contributed by atoms with Crippen molar-refractivity contribution in [3.8, 4) is 5.75 Å². The molecule has 0 radical (unpaired) electrons. The van der Waals surface area contributed by atoms with E-state index in [9.17, 15) is 5.11 Å².